The average Bonchev–Trinajstić information content (AvgIpc) is 3.84. The molecule has 0 aliphatic heterocycles. The maximum atomic E-state index is 7.69. The Morgan fingerprint density at radius 1 is 0.426 bits per heavy atom. The molecule has 3 heteroatoms. The summed E-state index contributed by atoms with van der Waals surface area (Å²) in [5, 5.41) is 5.08. The summed E-state index contributed by atoms with van der Waals surface area (Å²) >= 11 is 0. The largest absolute Gasteiger partial charge is 0.311 e. The third kappa shape index (κ3) is 5.16. The van der Waals surface area contributed by atoms with E-state index in [1.807, 2.05) is 12.1 Å². The molecule has 0 bridgehead atoms. The second-order valence-electron chi connectivity index (χ2n) is 15.9. The van der Waals surface area contributed by atoms with E-state index < -0.39 is 5.41 Å². The first-order chi connectivity index (χ1) is 30.2. The van der Waals surface area contributed by atoms with E-state index in [1.165, 1.54) is 71.5 Å². The Bertz CT molecular complexity index is 3410. The number of hydrogen-bond donors (Lipinski definition) is 0. The highest BCUT2D eigenvalue weighted by molar-refractivity contribution is 6.26. The van der Waals surface area contributed by atoms with Crippen LogP contribution in [0.5, 0.6) is 0 Å². The highest BCUT2D eigenvalue weighted by Crippen LogP contribution is 2.57. The monoisotopic (exact) mass is 775 g/mol. The molecular weight excluding hydrogens is 739 g/mol. The number of rotatable bonds is 7. The average molecular weight is 776 g/mol. The molecule has 0 amide bonds. The van der Waals surface area contributed by atoms with E-state index in [-0.39, 0.29) is 0 Å². The van der Waals surface area contributed by atoms with Crippen LogP contribution in [0.15, 0.2) is 224 Å². The molecule has 61 heavy (non-hydrogen) atoms. The summed E-state index contributed by atoms with van der Waals surface area (Å²) in [5.41, 5.74) is 16.6. The summed E-state index contributed by atoms with van der Waals surface area (Å²) < 4.78 is 2.40. The number of fused-ring (bicyclic) bond motifs is 3. The third-order valence-corrected chi connectivity index (χ3v) is 12.8. The molecule has 0 N–H and O–H groups in total. The van der Waals surface area contributed by atoms with Gasteiger partial charge in [-0.3, -0.25) is 0 Å². The van der Waals surface area contributed by atoms with Gasteiger partial charge in [-0.2, -0.15) is 0 Å². The van der Waals surface area contributed by atoms with Crippen LogP contribution in [-0.2, 0) is 5.41 Å². The Morgan fingerprint density at radius 2 is 1.02 bits per heavy atom. The van der Waals surface area contributed by atoms with E-state index in [1.54, 1.807) is 0 Å². The molecule has 1 heterocycles. The Balaban J connectivity index is 1.03. The topological polar surface area (TPSA) is 12.5 Å². The Hall–Kier alpha value is -8.19. The lowest BCUT2D eigenvalue weighted by Gasteiger charge is -2.35. The quantitative estimate of drug-likeness (QED) is 0.116. The fourth-order valence-corrected chi connectivity index (χ4v) is 10.3. The molecule has 1 aromatic heterocycles. The van der Waals surface area contributed by atoms with Crippen molar-refractivity contribution in [3.05, 3.63) is 258 Å². The van der Waals surface area contributed by atoms with E-state index in [4.69, 9.17) is 6.57 Å². The Morgan fingerprint density at radius 3 is 1.72 bits per heavy atom. The molecular formula is C58H37N3. The van der Waals surface area contributed by atoms with E-state index in [0.717, 1.165) is 28.3 Å². The van der Waals surface area contributed by atoms with Crippen molar-refractivity contribution in [2.75, 3.05) is 4.90 Å². The van der Waals surface area contributed by atoms with Gasteiger partial charge in [-0.15, -0.1) is 0 Å². The van der Waals surface area contributed by atoms with Gasteiger partial charge in [-0.05, 0) is 116 Å². The van der Waals surface area contributed by atoms with Crippen molar-refractivity contribution >= 4 is 55.3 Å². The normalized spacial score (nSPS) is 12.7. The maximum absolute atomic E-state index is 7.69. The number of hydrogen-bond acceptors (Lipinski definition) is 1. The number of nitrogens with zero attached hydrogens (tertiary/aromatic N) is 3. The lowest BCUT2D eigenvalue weighted by molar-refractivity contribution is 0.768. The smallest absolute Gasteiger partial charge is 0.187 e. The molecule has 0 spiro atoms. The second kappa shape index (κ2) is 13.7. The van der Waals surface area contributed by atoms with Crippen LogP contribution in [-0.4, -0.2) is 4.57 Å². The van der Waals surface area contributed by atoms with E-state index >= 15 is 0 Å². The van der Waals surface area contributed by atoms with Gasteiger partial charge in [0.05, 0.1) is 23.0 Å². The van der Waals surface area contributed by atoms with Crippen LogP contribution in [0.25, 0.3) is 65.4 Å². The molecule has 0 saturated heterocycles. The van der Waals surface area contributed by atoms with Gasteiger partial charge in [0.1, 0.15) is 0 Å². The fraction of sp³-hybridized carbons (Fsp3) is 0.0172. The molecule has 12 rings (SSSR count). The van der Waals surface area contributed by atoms with E-state index in [9.17, 15) is 0 Å². The van der Waals surface area contributed by atoms with Crippen molar-refractivity contribution in [1.29, 1.82) is 0 Å². The SMILES string of the molecule is [C-]#[N+]c1ccc(N(c2ccc(-c3ccc4c5c3ccc3cccc(c35)n4-c3ccccc3)cc2)c2ccc3c(c2)C(c2ccccc2)(c2ccccc2)c2ccccc2-3)cc1. The van der Waals surface area contributed by atoms with Crippen molar-refractivity contribution in [1.82, 2.24) is 4.57 Å². The van der Waals surface area contributed by atoms with Crippen molar-refractivity contribution in [2.45, 2.75) is 5.41 Å². The molecule has 11 aromatic rings. The maximum Gasteiger partial charge on any atom is 0.187 e. The zero-order chi connectivity index (χ0) is 40.5. The lowest BCUT2D eigenvalue weighted by atomic mass is 9.67. The first-order valence-electron chi connectivity index (χ1n) is 20.8. The van der Waals surface area contributed by atoms with Crippen LogP contribution >= 0.6 is 0 Å². The molecule has 10 aromatic carbocycles. The molecule has 284 valence electrons. The van der Waals surface area contributed by atoms with Crippen molar-refractivity contribution in [3.8, 4) is 27.9 Å². The van der Waals surface area contributed by atoms with Crippen LogP contribution in [0.2, 0.25) is 0 Å². The van der Waals surface area contributed by atoms with Gasteiger partial charge in [0.15, 0.2) is 5.69 Å². The molecule has 0 unspecified atom stereocenters. The summed E-state index contributed by atoms with van der Waals surface area (Å²) in [6, 6.07) is 81.1. The highest BCUT2D eigenvalue weighted by Gasteiger charge is 2.46. The Kier molecular flexibility index (Phi) is 7.82. The zero-order valence-corrected chi connectivity index (χ0v) is 33.2. The zero-order valence-electron chi connectivity index (χ0n) is 33.2. The van der Waals surface area contributed by atoms with Gasteiger partial charge in [0.25, 0.3) is 0 Å². The first-order valence-corrected chi connectivity index (χ1v) is 20.8. The van der Waals surface area contributed by atoms with Gasteiger partial charge < -0.3 is 9.47 Å². The van der Waals surface area contributed by atoms with E-state index in [0.29, 0.717) is 5.69 Å². The van der Waals surface area contributed by atoms with Crippen LogP contribution < -0.4 is 4.90 Å². The molecule has 3 nitrogen and oxygen atoms in total. The lowest BCUT2D eigenvalue weighted by Crippen LogP contribution is -2.28. The van der Waals surface area contributed by atoms with Crippen LogP contribution in [0, 0.1) is 6.57 Å². The van der Waals surface area contributed by atoms with Gasteiger partial charge in [-0.25, -0.2) is 4.85 Å². The highest BCUT2D eigenvalue weighted by atomic mass is 15.1. The predicted molar refractivity (Wildman–Crippen MR) is 253 cm³/mol. The molecule has 0 radical (unpaired) electrons. The first kappa shape index (κ1) is 34.8. The summed E-state index contributed by atoms with van der Waals surface area (Å²) in [6.45, 7) is 7.69. The van der Waals surface area contributed by atoms with Gasteiger partial charge in [-0.1, -0.05) is 164 Å². The second-order valence-corrected chi connectivity index (χ2v) is 15.9. The van der Waals surface area contributed by atoms with Crippen LogP contribution in [0.4, 0.5) is 22.7 Å². The standard InChI is InChI=1S/C58H37N3/c1-59-43-27-31-46(32-28-43)60(47-33-35-50-49-21-11-12-22-52(49)58(53(50)38-47,41-15-5-2-6-16-41)42-17-7-3-8-18-42)45-29-24-39(25-30-45)48-36-37-55-57-51(48)34-26-40-14-13-23-54(56(40)57)61(55)44-19-9-4-10-20-44/h2-38H. The van der Waals surface area contributed by atoms with E-state index in [2.05, 4.69) is 227 Å². The predicted octanol–water partition coefficient (Wildman–Crippen LogP) is 15.4. The summed E-state index contributed by atoms with van der Waals surface area (Å²) in [6.07, 6.45) is 0. The minimum absolute atomic E-state index is 0.523. The summed E-state index contributed by atoms with van der Waals surface area (Å²) in [5.74, 6) is 0. The van der Waals surface area contributed by atoms with Gasteiger partial charge >= 0.3 is 0 Å². The number of benzene rings is 10. The molecule has 0 fully saturated rings. The number of para-hydroxylation sites is 1. The molecule has 0 saturated carbocycles. The fourth-order valence-electron chi connectivity index (χ4n) is 10.3. The van der Waals surface area contributed by atoms with Crippen LogP contribution in [0.3, 0.4) is 0 Å². The van der Waals surface area contributed by atoms with Crippen molar-refractivity contribution in [2.24, 2.45) is 0 Å². The van der Waals surface area contributed by atoms with Crippen LogP contribution in [0.1, 0.15) is 22.3 Å². The Labute approximate surface area is 354 Å². The molecule has 1 aliphatic carbocycles. The molecule has 1 aliphatic rings. The van der Waals surface area contributed by atoms with Crippen molar-refractivity contribution in [3.63, 3.8) is 0 Å². The number of aromatic nitrogens is 1. The minimum atomic E-state index is -0.523. The number of anilines is 3. The van der Waals surface area contributed by atoms with Gasteiger partial charge in [0.2, 0.25) is 0 Å². The van der Waals surface area contributed by atoms with Gasteiger partial charge in [0, 0.05) is 33.5 Å². The molecule has 0 atom stereocenters. The van der Waals surface area contributed by atoms with Crippen molar-refractivity contribution < 1.29 is 0 Å². The third-order valence-electron chi connectivity index (χ3n) is 12.8. The summed E-state index contributed by atoms with van der Waals surface area (Å²) in [4.78, 5) is 6.05. The summed E-state index contributed by atoms with van der Waals surface area (Å²) in [7, 11) is 0. The minimum Gasteiger partial charge on any atom is -0.311 e.